The van der Waals surface area contributed by atoms with E-state index in [1.807, 2.05) is 12.1 Å². The van der Waals surface area contributed by atoms with Gasteiger partial charge in [0, 0.05) is 12.0 Å². The number of nitrogens with one attached hydrogen (secondary N) is 1. The van der Waals surface area contributed by atoms with E-state index in [-0.39, 0.29) is 6.04 Å². The second-order valence-electron chi connectivity index (χ2n) is 5.86. The number of para-hydroxylation sites is 1. The Morgan fingerprint density at radius 3 is 2.95 bits per heavy atom. The quantitative estimate of drug-likeness (QED) is 0.853. The first kappa shape index (κ1) is 14.6. The minimum atomic E-state index is 0.285. The Labute approximate surface area is 126 Å². The summed E-state index contributed by atoms with van der Waals surface area (Å²) < 4.78 is 11.9. The van der Waals surface area contributed by atoms with Crippen LogP contribution in [0.1, 0.15) is 50.8 Å². The molecule has 0 saturated carbocycles. The maximum atomic E-state index is 6.02. The van der Waals surface area contributed by atoms with Gasteiger partial charge in [0.05, 0.1) is 12.1 Å². The van der Waals surface area contributed by atoms with Crippen molar-refractivity contribution < 1.29 is 9.15 Å². The van der Waals surface area contributed by atoms with Gasteiger partial charge in [0.25, 0.3) is 0 Å². The first-order chi connectivity index (χ1) is 10.4. The zero-order chi connectivity index (χ0) is 14.5. The number of fused-ring (bicyclic) bond motifs is 1. The summed E-state index contributed by atoms with van der Waals surface area (Å²) in [6, 6.07) is 10.7. The molecule has 0 radical (unpaired) electrons. The van der Waals surface area contributed by atoms with Crippen molar-refractivity contribution in [1.29, 1.82) is 0 Å². The number of rotatable bonds is 6. The van der Waals surface area contributed by atoms with E-state index in [4.69, 9.17) is 9.15 Å². The van der Waals surface area contributed by atoms with Crippen molar-refractivity contribution >= 4 is 11.0 Å². The van der Waals surface area contributed by atoms with Gasteiger partial charge in [0.15, 0.2) is 0 Å². The highest BCUT2D eigenvalue weighted by Gasteiger charge is 2.19. The molecule has 1 aromatic carbocycles. The predicted molar refractivity (Wildman–Crippen MR) is 85.5 cm³/mol. The lowest BCUT2D eigenvalue weighted by molar-refractivity contribution is 0.00826. The average Bonchev–Trinajstić information content (AvgIpc) is 2.96. The molecule has 0 bridgehead atoms. The molecule has 1 aliphatic heterocycles. The first-order valence-electron chi connectivity index (χ1n) is 8.20. The number of hydrogen-bond acceptors (Lipinski definition) is 3. The predicted octanol–water partition coefficient (Wildman–Crippen LogP) is 4.43. The lowest BCUT2D eigenvalue weighted by atomic mass is 10.0. The van der Waals surface area contributed by atoms with Crippen molar-refractivity contribution in [2.24, 2.45) is 0 Å². The number of furan rings is 1. The van der Waals surface area contributed by atoms with Gasteiger partial charge in [0.2, 0.25) is 0 Å². The second-order valence-corrected chi connectivity index (χ2v) is 5.86. The van der Waals surface area contributed by atoms with Gasteiger partial charge in [-0.15, -0.1) is 0 Å². The third-order valence-electron chi connectivity index (χ3n) is 4.29. The van der Waals surface area contributed by atoms with Crippen LogP contribution < -0.4 is 5.32 Å². The van der Waals surface area contributed by atoms with Gasteiger partial charge in [-0.1, -0.05) is 25.1 Å². The summed E-state index contributed by atoms with van der Waals surface area (Å²) in [4.78, 5) is 0. The van der Waals surface area contributed by atoms with Crippen LogP contribution >= 0.6 is 0 Å². The summed E-state index contributed by atoms with van der Waals surface area (Å²) in [5.41, 5.74) is 0.976. The second kappa shape index (κ2) is 7.10. The summed E-state index contributed by atoms with van der Waals surface area (Å²) in [5.74, 6) is 1.05. The van der Waals surface area contributed by atoms with Gasteiger partial charge in [-0.3, -0.25) is 0 Å². The van der Waals surface area contributed by atoms with Crippen LogP contribution in [0.15, 0.2) is 34.7 Å². The van der Waals surface area contributed by atoms with E-state index in [2.05, 4.69) is 30.4 Å². The topological polar surface area (TPSA) is 34.4 Å². The van der Waals surface area contributed by atoms with E-state index in [1.54, 1.807) is 0 Å². The summed E-state index contributed by atoms with van der Waals surface area (Å²) in [6.45, 7) is 4.03. The molecule has 1 saturated heterocycles. The van der Waals surface area contributed by atoms with Crippen molar-refractivity contribution in [3.05, 3.63) is 36.1 Å². The highest BCUT2D eigenvalue weighted by atomic mass is 16.5. The molecule has 3 nitrogen and oxygen atoms in total. The molecular weight excluding hydrogens is 262 g/mol. The Bertz CT molecular complexity index is 524. The van der Waals surface area contributed by atoms with Gasteiger partial charge in [-0.2, -0.15) is 0 Å². The van der Waals surface area contributed by atoms with Crippen LogP contribution in [0.2, 0.25) is 0 Å². The fourth-order valence-corrected chi connectivity index (χ4v) is 3.15. The van der Waals surface area contributed by atoms with Crippen LogP contribution in [0.5, 0.6) is 0 Å². The number of benzene rings is 1. The van der Waals surface area contributed by atoms with E-state index in [9.17, 15) is 0 Å². The van der Waals surface area contributed by atoms with Gasteiger partial charge in [0.1, 0.15) is 11.3 Å². The summed E-state index contributed by atoms with van der Waals surface area (Å²) in [5, 5.41) is 4.73. The van der Waals surface area contributed by atoms with Gasteiger partial charge < -0.3 is 14.5 Å². The molecule has 0 amide bonds. The molecule has 114 valence electrons. The van der Waals surface area contributed by atoms with Gasteiger partial charge >= 0.3 is 0 Å². The highest BCUT2D eigenvalue weighted by Crippen LogP contribution is 2.28. The molecule has 1 aromatic heterocycles. The molecule has 2 unspecified atom stereocenters. The fourth-order valence-electron chi connectivity index (χ4n) is 3.15. The fraction of sp³-hybridized carbons (Fsp3) is 0.556. The van der Waals surface area contributed by atoms with Crippen molar-refractivity contribution in [3.8, 4) is 0 Å². The number of ether oxygens (including phenoxy) is 1. The summed E-state index contributed by atoms with van der Waals surface area (Å²) in [6.07, 6.45) is 6.34. The molecule has 2 heterocycles. The zero-order valence-electron chi connectivity index (χ0n) is 12.8. The standard InChI is InChI=1S/C18H25NO2/c1-2-19-16(11-10-15-8-5-6-12-20-15)18-13-14-7-3-4-9-17(14)21-18/h3-4,7,9,13,15-16,19H,2,5-6,8,10-12H2,1H3. The Kier molecular flexibility index (Phi) is 4.94. The minimum Gasteiger partial charge on any atom is -0.459 e. The Morgan fingerprint density at radius 1 is 1.29 bits per heavy atom. The molecule has 2 atom stereocenters. The van der Waals surface area contributed by atoms with Crippen molar-refractivity contribution in [3.63, 3.8) is 0 Å². The zero-order valence-corrected chi connectivity index (χ0v) is 12.8. The van der Waals surface area contributed by atoms with Crippen LogP contribution in [-0.4, -0.2) is 19.3 Å². The molecule has 3 rings (SSSR count). The molecule has 1 fully saturated rings. The lowest BCUT2D eigenvalue weighted by Gasteiger charge is -2.24. The van der Waals surface area contributed by atoms with E-state index in [0.717, 1.165) is 37.3 Å². The maximum Gasteiger partial charge on any atom is 0.134 e. The first-order valence-corrected chi connectivity index (χ1v) is 8.20. The third kappa shape index (κ3) is 3.66. The van der Waals surface area contributed by atoms with Crippen molar-refractivity contribution in [2.45, 2.75) is 51.2 Å². The molecular formula is C18H25NO2. The van der Waals surface area contributed by atoms with Crippen molar-refractivity contribution in [1.82, 2.24) is 5.32 Å². The molecule has 0 aliphatic carbocycles. The largest absolute Gasteiger partial charge is 0.459 e. The van der Waals surface area contributed by atoms with Crippen LogP contribution in [0.4, 0.5) is 0 Å². The lowest BCUT2D eigenvalue weighted by Crippen LogP contribution is -2.24. The highest BCUT2D eigenvalue weighted by molar-refractivity contribution is 5.77. The minimum absolute atomic E-state index is 0.285. The molecule has 2 aromatic rings. The number of hydrogen-bond donors (Lipinski definition) is 1. The Balaban J connectivity index is 1.67. The smallest absolute Gasteiger partial charge is 0.134 e. The molecule has 3 heteroatoms. The molecule has 1 aliphatic rings. The summed E-state index contributed by atoms with van der Waals surface area (Å²) >= 11 is 0. The Morgan fingerprint density at radius 2 is 2.19 bits per heavy atom. The van der Waals surface area contributed by atoms with Gasteiger partial charge in [-0.25, -0.2) is 0 Å². The van der Waals surface area contributed by atoms with Crippen molar-refractivity contribution in [2.75, 3.05) is 13.2 Å². The normalized spacial score (nSPS) is 20.7. The molecule has 1 N–H and O–H groups in total. The van der Waals surface area contributed by atoms with Crippen LogP contribution in [-0.2, 0) is 4.74 Å². The van der Waals surface area contributed by atoms with Crippen LogP contribution in [0.3, 0.4) is 0 Å². The summed E-state index contributed by atoms with van der Waals surface area (Å²) in [7, 11) is 0. The van der Waals surface area contributed by atoms with E-state index in [1.165, 1.54) is 24.6 Å². The molecule has 0 spiro atoms. The SMILES string of the molecule is CCNC(CCC1CCCCO1)c1cc2ccccc2o1. The van der Waals surface area contributed by atoms with E-state index < -0.39 is 0 Å². The monoisotopic (exact) mass is 287 g/mol. The van der Waals surface area contributed by atoms with Crippen LogP contribution in [0, 0.1) is 0 Å². The maximum absolute atomic E-state index is 6.02. The average molecular weight is 287 g/mol. The molecule has 21 heavy (non-hydrogen) atoms. The van der Waals surface area contributed by atoms with E-state index >= 15 is 0 Å². The van der Waals surface area contributed by atoms with Crippen LogP contribution in [0.25, 0.3) is 11.0 Å². The third-order valence-corrected chi connectivity index (χ3v) is 4.29. The van der Waals surface area contributed by atoms with Gasteiger partial charge in [-0.05, 0) is 50.8 Å². The van der Waals surface area contributed by atoms with E-state index in [0.29, 0.717) is 6.10 Å². The Hall–Kier alpha value is -1.32.